The molecule has 1 amide bonds. The van der Waals surface area contributed by atoms with Gasteiger partial charge in [0.25, 0.3) is 0 Å². The maximum absolute atomic E-state index is 13.0. The average molecular weight is 374 g/mol. The molecule has 0 fully saturated rings. The maximum atomic E-state index is 13.0. The summed E-state index contributed by atoms with van der Waals surface area (Å²) in [7, 11) is 0. The van der Waals surface area contributed by atoms with Crippen LogP contribution >= 0.6 is 0 Å². The second-order valence-electron chi connectivity index (χ2n) is 7.44. The van der Waals surface area contributed by atoms with E-state index < -0.39 is 0 Å². The number of aromatic nitrogens is 2. The van der Waals surface area contributed by atoms with Gasteiger partial charge in [-0.2, -0.15) is 5.10 Å². The number of amides is 1. The van der Waals surface area contributed by atoms with Crippen molar-refractivity contribution in [2.24, 2.45) is 0 Å². The van der Waals surface area contributed by atoms with Crippen molar-refractivity contribution < 1.29 is 4.79 Å². The van der Waals surface area contributed by atoms with Gasteiger partial charge in [0.1, 0.15) is 6.04 Å². The molecule has 1 aliphatic rings. The van der Waals surface area contributed by atoms with Crippen molar-refractivity contribution in [2.45, 2.75) is 39.8 Å². The van der Waals surface area contributed by atoms with Gasteiger partial charge in [0, 0.05) is 13.1 Å². The van der Waals surface area contributed by atoms with Crippen LogP contribution in [0, 0.1) is 13.8 Å². The smallest absolute Gasteiger partial charge is 0.245 e. The molecule has 0 unspecified atom stereocenters. The highest BCUT2D eigenvalue weighted by Crippen LogP contribution is 2.25. The van der Waals surface area contributed by atoms with E-state index in [1.807, 2.05) is 66.8 Å². The standard InChI is InChI=1S/C23H26N4O/c1-16-22(18(3)27(25-16)21-11-5-4-6-12-21)24-17(2)23(28)26-14-13-19-9-7-8-10-20(19)15-26/h4-12,17,24H,13-15H2,1-3H3/t17-/m1/s1. The molecular weight excluding hydrogens is 348 g/mol. The van der Waals surface area contributed by atoms with E-state index >= 15 is 0 Å². The SMILES string of the molecule is Cc1nn(-c2ccccc2)c(C)c1N[C@H](C)C(=O)N1CCc2ccccc2C1. The fourth-order valence-electron chi connectivity index (χ4n) is 3.91. The Kier molecular flexibility index (Phi) is 4.90. The molecule has 1 N–H and O–H groups in total. The summed E-state index contributed by atoms with van der Waals surface area (Å²) in [5.74, 6) is 0.126. The molecule has 0 saturated heterocycles. The topological polar surface area (TPSA) is 50.2 Å². The normalized spacial score (nSPS) is 14.5. The lowest BCUT2D eigenvalue weighted by molar-refractivity contribution is -0.132. The molecule has 0 aliphatic carbocycles. The van der Waals surface area contributed by atoms with E-state index in [9.17, 15) is 4.79 Å². The van der Waals surface area contributed by atoms with Crippen LogP contribution in [0.3, 0.4) is 0 Å². The Hall–Kier alpha value is -3.08. The van der Waals surface area contributed by atoms with Crippen LogP contribution in [0.15, 0.2) is 54.6 Å². The molecule has 28 heavy (non-hydrogen) atoms. The predicted octanol–water partition coefficient (Wildman–Crippen LogP) is 3.87. The Balaban J connectivity index is 1.50. The lowest BCUT2D eigenvalue weighted by atomic mass is 9.99. The van der Waals surface area contributed by atoms with E-state index in [1.165, 1.54) is 11.1 Å². The second kappa shape index (κ2) is 7.50. The fraction of sp³-hybridized carbons (Fsp3) is 0.304. The van der Waals surface area contributed by atoms with Crippen molar-refractivity contribution >= 4 is 11.6 Å². The van der Waals surface area contributed by atoms with Crippen LogP contribution in [0.5, 0.6) is 0 Å². The van der Waals surface area contributed by atoms with Gasteiger partial charge in [0.05, 0.1) is 22.8 Å². The van der Waals surface area contributed by atoms with E-state index in [0.29, 0.717) is 6.54 Å². The summed E-state index contributed by atoms with van der Waals surface area (Å²) in [4.78, 5) is 15.0. The van der Waals surface area contributed by atoms with Crippen molar-refractivity contribution in [1.29, 1.82) is 0 Å². The third-order valence-electron chi connectivity index (χ3n) is 5.47. The van der Waals surface area contributed by atoms with Crippen molar-refractivity contribution in [3.05, 3.63) is 77.1 Å². The number of nitrogens with zero attached hydrogens (tertiary/aromatic N) is 3. The summed E-state index contributed by atoms with van der Waals surface area (Å²) in [6.45, 7) is 7.39. The van der Waals surface area contributed by atoms with Gasteiger partial charge in [-0.1, -0.05) is 42.5 Å². The molecule has 5 nitrogen and oxygen atoms in total. The molecule has 0 radical (unpaired) electrons. The van der Waals surface area contributed by atoms with Crippen molar-refractivity contribution in [3.8, 4) is 5.69 Å². The van der Waals surface area contributed by atoms with Crippen molar-refractivity contribution in [1.82, 2.24) is 14.7 Å². The average Bonchev–Trinajstić information content (AvgIpc) is 3.01. The monoisotopic (exact) mass is 374 g/mol. The molecule has 0 saturated carbocycles. The third kappa shape index (κ3) is 3.40. The zero-order chi connectivity index (χ0) is 19.7. The van der Waals surface area contributed by atoms with Crippen LogP contribution < -0.4 is 5.32 Å². The lowest BCUT2D eigenvalue weighted by Crippen LogP contribution is -2.44. The predicted molar refractivity (Wildman–Crippen MR) is 112 cm³/mol. The Morgan fingerprint density at radius 1 is 1.04 bits per heavy atom. The lowest BCUT2D eigenvalue weighted by Gasteiger charge is -2.31. The summed E-state index contributed by atoms with van der Waals surface area (Å²) in [5.41, 5.74) is 6.45. The van der Waals surface area contributed by atoms with Crippen LogP contribution in [0.1, 0.15) is 29.4 Å². The number of anilines is 1. The van der Waals surface area contributed by atoms with E-state index in [2.05, 4.69) is 28.6 Å². The highest BCUT2D eigenvalue weighted by atomic mass is 16.2. The van der Waals surface area contributed by atoms with Gasteiger partial charge < -0.3 is 10.2 Å². The van der Waals surface area contributed by atoms with E-state index in [0.717, 1.165) is 35.7 Å². The zero-order valence-electron chi connectivity index (χ0n) is 16.6. The summed E-state index contributed by atoms with van der Waals surface area (Å²) in [6, 6.07) is 18.1. The van der Waals surface area contributed by atoms with E-state index in [1.54, 1.807) is 0 Å². The Morgan fingerprint density at radius 2 is 1.71 bits per heavy atom. The first-order valence-corrected chi connectivity index (χ1v) is 9.78. The van der Waals surface area contributed by atoms with Gasteiger partial charge in [-0.3, -0.25) is 4.79 Å². The molecule has 2 aromatic carbocycles. The van der Waals surface area contributed by atoms with E-state index in [-0.39, 0.29) is 11.9 Å². The Bertz CT molecular complexity index is 993. The van der Waals surface area contributed by atoms with Crippen LogP contribution in [0.2, 0.25) is 0 Å². The summed E-state index contributed by atoms with van der Waals surface area (Å²) < 4.78 is 1.92. The van der Waals surface area contributed by atoms with Crippen LogP contribution in [-0.2, 0) is 17.8 Å². The quantitative estimate of drug-likeness (QED) is 0.754. The number of benzene rings is 2. The largest absolute Gasteiger partial charge is 0.371 e. The van der Waals surface area contributed by atoms with Gasteiger partial charge in [0.2, 0.25) is 5.91 Å². The van der Waals surface area contributed by atoms with Gasteiger partial charge in [0.15, 0.2) is 0 Å². The van der Waals surface area contributed by atoms with Gasteiger partial charge in [-0.15, -0.1) is 0 Å². The molecular formula is C23H26N4O. The number of rotatable bonds is 4. The highest BCUT2D eigenvalue weighted by molar-refractivity contribution is 5.85. The minimum atomic E-state index is -0.309. The van der Waals surface area contributed by atoms with Crippen molar-refractivity contribution in [3.63, 3.8) is 0 Å². The molecule has 144 valence electrons. The van der Waals surface area contributed by atoms with Gasteiger partial charge >= 0.3 is 0 Å². The number of nitrogens with one attached hydrogen (secondary N) is 1. The van der Waals surface area contributed by atoms with Gasteiger partial charge in [-0.25, -0.2) is 4.68 Å². The fourth-order valence-corrected chi connectivity index (χ4v) is 3.91. The van der Waals surface area contributed by atoms with Crippen LogP contribution in [0.25, 0.3) is 5.69 Å². The van der Waals surface area contributed by atoms with Crippen molar-refractivity contribution in [2.75, 3.05) is 11.9 Å². The second-order valence-corrected chi connectivity index (χ2v) is 7.44. The minimum absolute atomic E-state index is 0.126. The van der Waals surface area contributed by atoms with Gasteiger partial charge in [-0.05, 0) is 50.5 Å². The Morgan fingerprint density at radius 3 is 2.46 bits per heavy atom. The summed E-state index contributed by atoms with van der Waals surface area (Å²) in [5, 5.41) is 8.08. The molecule has 1 aromatic heterocycles. The third-order valence-corrected chi connectivity index (χ3v) is 5.47. The Labute approximate surface area is 166 Å². The number of carbonyl (C=O) groups is 1. The van der Waals surface area contributed by atoms with Crippen LogP contribution in [0.4, 0.5) is 5.69 Å². The number of carbonyl (C=O) groups excluding carboxylic acids is 1. The number of hydrogen-bond donors (Lipinski definition) is 1. The molecule has 4 rings (SSSR count). The number of para-hydroxylation sites is 1. The van der Waals surface area contributed by atoms with Crippen LogP contribution in [-0.4, -0.2) is 33.2 Å². The molecule has 1 atom stereocenters. The molecule has 0 bridgehead atoms. The molecule has 3 aromatic rings. The first kappa shape index (κ1) is 18.3. The molecule has 1 aliphatic heterocycles. The first-order valence-electron chi connectivity index (χ1n) is 9.78. The highest BCUT2D eigenvalue weighted by Gasteiger charge is 2.26. The first-order chi connectivity index (χ1) is 13.5. The minimum Gasteiger partial charge on any atom is -0.371 e. The number of hydrogen-bond acceptors (Lipinski definition) is 3. The molecule has 5 heteroatoms. The molecule has 0 spiro atoms. The summed E-state index contributed by atoms with van der Waals surface area (Å²) in [6.07, 6.45) is 0.915. The number of fused-ring (bicyclic) bond motifs is 1. The molecule has 2 heterocycles. The van der Waals surface area contributed by atoms with E-state index in [4.69, 9.17) is 0 Å². The summed E-state index contributed by atoms with van der Waals surface area (Å²) >= 11 is 0. The zero-order valence-corrected chi connectivity index (χ0v) is 16.6. The number of aryl methyl sites for hydroxylation is 1. The maximum Gasteiger partial charge on any atom is 0.245 e.